The highest BCUT2D eigenvalue weighted by Crippen LogP contribution is 2.25. The fourth-order valence-electron chi connectivity index (χ4n) is 1.75. The Bertz CT molecular complexity index is 551. The van der Waals surface area contributed by atoms with Gasteiger partial charge in [0.25, 0.3) is 0 Å². The van der Waals surface area contributed by atoms with Crippen molar-refractivity contribution < 1.29 is 13.9 Å². The standard InChI is InChI=1S/C12H12F2N2O/c1-7-9(6-16(2)15-7)12(17)8-3-4-10(13)11(14)5-8/h3-6,12,17H,1-2H3. The number of rotatable bonds is 2. The van der Waals surface area contributed by atoms with Crippen molar-refractivity contribution in [2.24, 2.45) is 7.05 Å². The molecule has 0 saturated carbocycles. The molecular formula is C12H12F2N2O. The quantitative estimate of drug-likeness (QED) is 0.870. The van der Waals surface area contributed by atoms with Crippen LogP contribution in [0, 0.1) is 18.6 Å². The molecule has 1 unspecified atom stereocenters. The number of aliphatic hydroxyl groups excluding tert-OH is 1. The minimum atomic E-state index is -1.00. The van der Waals surface area contributed by atoms with Gasteiger partial charge in [-0.1, -0.05) is 6.07 Å². The second-order valence-electron chi connectivity index (χ2n) is 3.92. The van der Waals surface area contributed by atoms with Crippen molar-refractivity contribution in [3.05, 3.63) is 52.9 Å². The summed E-state index contributed by atoms with van der Waals surface area (Å²) in [4.78, 5) is 0. The maximum atomic E-state index is 13.1. The summed E-state index contributed by atoms with van der Waals surface area (Å²) < 4.78 is 27.4. The van der Waals surface area contributed by atoms with Gasteiger partial charge in [0.05, 0.1) is 5.69 Å². The van der Waals surface area contributed by atoms with Crippen molar-refractivity contribution in [1.82, 2.24) is 9.78 Å². The van der Waals surface area contributed by atoms with Crippen LogP contribution in [0.2, 0.25) is 0 Å². The molecule has 1 N–H and O–H groups in total. The summed E-state index contributed by atoms with van der Waals surface area (Å²) >= 11 is 0. The van der Waals surface area contributed by atoms with Crippen LogP contribution in [0.3, 0.4) is 0 Å². The minimum Gasteiger partial charge on any atom is -0.384 e. The lowest BCUT2D eigenvalue weighted by atomic mass is 10.0. The number of benzene rings is 1. The number of nitrogens with zero attached hydrogens (tertiary/aromatic N) is 2. The van der Waals surface area contributed by atoms with Crippen LogP contribution in [0.1, 0.15) is 22.9 Å². The first-order valence-electron chi connectivity index (χ1n) is 5.12. The van der Waals surface area contributed by atoms with Crippen molar-refractivity contribution >= 4 is 0 Å². The third-order valence-corrected chi connectivity index (χ3v) is 2.61. The van der Waals surface area contributed by atoms with E-state index in [2.05, 4.69) is 5.10 Å². The van der Waals surface area contributed by atoms with Gasteiger partial charge >= 0.3 is 0 Å². The molecule has 1 aromatic heterocycles. The van der Waals surface area contributed by atoms with Crippen molar-refractivity contribution in [1.29, 1.82) is 0 Å². The molecule has 0 bridgehead atoms. The van der Waals surface area contributed by atoms with E-state index in [4.69, 9.17) is 0 Å². The van der Waals surface area contributed by atoms with Gasteiger partial charge in [-0.25, -0.2) is 8.78 Å². The molecule has 0 amide bonds. The van der Waals surface area contributed by atoms with E-state index in [-0.39, 0.29) is 0 Å². The Labute approximate surface area is 97.3 Å². The van der Waals surface area contributed by atoms with Crippen LogP contribution in [0.15, 0.2) is 24.4 Å². The molecule has 0 radical (unpaired) electrons. The maximum Gasteiger partial charge on any atom is 0.159 e. The topological polar surface area (TPSA) is 38.0 Å². The number of aryl methyl sites for hydroxylation is 2. The number of aliphatic hydroxyl groups is 1. The predicted octanol–water partition coefficient (Wildman–Crippen LogP) is 2.09. The Kier molecular flexibility index (Phi) is 2.93. The maximum absolute atomic E-state index is 13.1. The van der Waals surface area contributed by atoms with Crippen LogP contribution < -0.4 is 0 Å². The van der Waals surface area contributed by atoms with Crippen molar-refractivity contribution in [3.8, 4) is 0 Å². The lowest BCUT2D eigenvalue weighted by Crippen LogP contribution is -2.01. The minimum absolute atomic E-state index is 0.306. The van der Waals surface area contributed by atoms with Crippen LogP contribution >= 0.6 is 0 Å². The second kappa shape index (κ2) is 4.25. The van der Waals surface area contributed by atoms with E-state index in [1.54, 1.807) is 24.9 Å². The first-order chi connectivity index (χ1) is 7.99. The number of hydrogen-bond acceptors (Lipinski definition) is 2. The molecule has 0 saturated heterocycles. The fraction of sp³-hybridized carbons (Fsp3) is 0.250. The van der Waals surface area contributed by atoms with E-state index in [0.717, 1.165) is 12.1 Å². The monoisotopic (exact) mass is 238 g/mol. The van der Waals surface area contributed by atoms with Gasteiger partial charge in [-0.3, -0.25) is 4.68 Å². The first kappa shape index (κ1) is 11.7. The van der Waals surface area contributed by atoms with Crippen LogP contribution in [0.5, 0.6) is 0 Å². The summed E-state index contributed by atoms with van der Waals surface area (Å²) in [6.45, 7) is 1.75. The molecule has 1 heterocycles. The summed E-state index contributed by atoms with van der Waals surface area (Å²) in [6, 6.07) is 3.35. The third kappa shape index (κ3) is 2.19. The van der Waals surface area contributed by atoms with Gasteiger partial charge in [0.15, 0.2) is 11.6 Å². The van der Waals surface area contributed by atoms with Gasteiger partial charge in [0, 0.05) is 18.8 Å². The Balaban J connectivity index is 2.40. The van der Waals surface area contributed by atoms with Crippen LogP contribution in [0.25, 0.3) is 0 Å². The summed E-state index contributed by atoms with van der Waals surface area (Å²) in [5.41, 5.74) is 1.54. The van der Waals surface area contributed by atoms with Gasteiger partial charge in [-0.05, 0) is 24.6 Å². The largest absolute Gasteiger partial charge is 0.384 e. The summed E-state index contributed by atoms with van der Waals surface area (Å²) in [5, 5.41) is 14.1. The highest BCUT2D eigenvalue weighted by atomic mass is 19.2. The predicted molar refractivity (Wildman–Crippen MR) is 58.4 cm³/mol. The lowest BCUT2D eigenvalue weighted by Gasteiger charge is -2.10. The molecule has 0 spiro atoms. The van der Waals surface area contributed by atoms with E-state index in [1.165, 1.54) is 6.07 Å². The zero-order valence-corrected chi connectivity index (χ0v) is 9.48. The highest BCUT2D eigenvalue weighted by Gasteiger charge is 2.17. The van der Waals surface area contributed by atoms with Crippen LogP contribution in [-0.4, -0.2) is 14.9 Å². The van der Waals surface area contributed by atoms with E-state index in [0.29, 0.717) is 16.8 Å². The Morgan fingerprint density at radius 2 is 2.00 bits per heavy atom. The molecule has 0 aliphatic rings. The average Bonchev–Trinajstić information content (AvgIpc) is 2.61. The molecule has 0 aliphatic heterocycles. The Hall–Kier alpha value is -1.75. The van der Waals surface area contributed by atoms with Crippen molar-refractivity contribution in [2.45, 2.75) is 13.0 Å². The third-order valence-electron chi connectivity index (χ3n) is 2.61. The number of aromatic nitrogens is 2. The number of halogens is 2. The molecule has 90 valence electrons. The summed E-state index contributed by atoms with van der Waals surface area (Å²) in [5.74, 6) is -1.90. The normalized spacial score (nSPS) is 12.8. The molecule has 0 fully saturated rings. The van der Waals surface area contributed by atoms with E-state index >= 15 is 0 Å². The van der Waals surface area contributed by atoms with E-state index in [1.807, 2.05) is 0 Å². The van der Waals surface area contributed by atoms with E-state index in [9.17, 15) is 13.9 Å². The summed E-state index contributed by atoms with van der Waals surface area (Å²) in [6.07, 6.45) is 0.653. The van der Waals surface area contributed by atoms with Crippen molar-refractivity contribution in [2.75, 3.05) is 0 Å². The molecule has 0 aliphatic carbocycles. The number of hydrogen-bond donors (Lipinski definition) is 1. The molecule has 2 rings (SSSR count). The molecule has 1 atom stereocenters. The molecular weight excluding hydrogens is 226 g/mol. The van der Waals surface area contributed by atoms with Gasteiger partial charge in [0.2, 0.25) is 0 Å². The Morgan fingerprint density at radius 3 is 2.53 bits per heavy atom. The molecule has 2 aromatic rings. The zero-order chi connectivity index (χ0) is 12.6. The first-order valence-corrected chi connectivity index (χ1v) is 5.12. The Morgan fingerprint density at radius 1 is 1.29 bits per heavy atom. The van der Waals surface area contributed by atoms with E-state index < -0.39 is 17.7 Å². The van der Waals surface area contributed by atoms with Crippen molar-refractivity contribution in [3.63, 3.8) is 0 Å². The van der Waals surface area contributed by atoms with Gasteiger partial charge in [-0.15, -0.1) is 0 Å². The average molecular weight is 238 g/mol. The molecule has 3 nitrogen and oxygen atoms in total. The van der Waals surface area contributed by atoms with Gasteiger partial charge in [0.1, 0.15) is 6.10 Å². The SMILES string of the molecule is Cc1nn(C)cc1C(O)c1ccc(F)c(F)c1. The highest BCUT2D eigenvalue weighted by molar-refractivity contribution is 5.31. The lowest BCUT2D eigenvalue weighted by molar-refractivity contribution is 0.218. The van der Waals surface area contributed by atoms with Gasteiger partial charge in [-0.2, -0.15) is 5.10 Å². The van der Waals surface area contributed by atoms with Crippen LogP contribution in [0.4, 0.5) is 8.78 Å². The smallest absolute Gasteiger partial charge is 0.159 e. The molecule has 5 heteroatoms. The molecule has 1 aromatic carbocycles. The fourth-order valence-corrected chi connectivity index (χ4v) is 1.75. The molecule has 17 heavy (non-hydrogen) atoms. The second-order valence-corrected chi connectivity index (χ2v) is 3.92. The zero-order valence-electron chi connectivity index (χ0n) is 9.48. The van der Waals surface area contributed by atoms with Gasteiger partial charge < -0.3 is 5.11 Å². The summed E-state index contributed by atoms with van der Waals surface area (Å²) in [7, 11) is 1.73. The van der Waals surface area contributed by atoms with Crippen LogP contribution in [-0.2, 0) is 7.05 Å².